The first-order valence-corrected chi connectivity index (χ1v) is 12.0. The number of hydrogen-bond donors (Lipinski definition) is 1. The van der Waals surface area contributed by atoms with Gasteiger partial charge in [-0.15, -0.1) is 11.3 Å². The number of amides is 1. The topological polar surface area (TPSA) is 87.4 Å². The van der Waals surface area contributed by atoms with Gasteiger partial charge in [-0.1, -0.05) is 22.8 Å². The van der Waals surface area contributed by atoms with Crippen molar-refractivity contribution in [3.63, 3.8) is 0 Å². The molecule has 0 aliphatic carbocycles. The lowest BCUT2D eigenvalue weighted by atomic mass is 9.85. The van der Waals surface area contributed by atoms with E-state index in [0.717, 1.165) is 0 Å². The number of hydrogen-bond acceptors (Lipinski definition) is 6. The fraction of sp³-hybridized carbons (Fsp3) is 0.250. The number of aromatic nitrogens is 1. The fourth-order valence-corrected chi connectivity index (χ4v) is 4.76. The van der Waals surface area contributed by atoms with Crippen LogP contribution < -0.4 is 5.32 Å². The van der Waals surface area contributed by atoms with Gasteiger partial charge in [0.15, 0.2) is 5.69 Å². The van der Waals surface area contributed by atoms with Crippen LogP contribution in [0.1, 0.15) is 49.7 Å². The van der Waals surface area contributed by atoms with Gasteiger partial charge in [-0.25, -0.2) is 9.37 Å². The van der Waals surface area contributed by atoms with Gasteiger partial charge in [0.25, 0.3) is 11.5 Å². The highest BCUT2D eigenvalue weighted by Crippen LogP contribution is 2.51. The molecular formula is C24H14ClF7N4O2S. The zero-order valence-electron chi connectivity index (χ0n) is 19.5. The lowest BCUT2D eigenvalue weighted by molar-refractivity contribution is -0.276. The first-order chi connectivity index (χ1) is 18.2. The molecule has 1 unspecified atom stereocenters. The molecule has 1 amide bonds. The van der Waals surface area contributed by atoms with Crippen LogP contribution in [-0.4, -0.2) is 22.8 Å². The Labute approximate surface area is 224 Å². The van der Waals surface area contributed by atoms with E-state index in [0.29, 0.717) is 10.6 Å². The van der Waals surface area contributed by atoms with Crippen molar-refractivity contribution in [2.75, 3.05) is 0 Å². The third kappa shape index (κ3) is 5.41. The summed E-state index contributed by atoms with van der Waals surface area (Å²) < 4.78 is 97.3. The van der Waals surface area contributed by atoms with Gasteiger partial charge >= 0.3 is 12.4 Å². The summed E-state index contributed by atoms with van der Waals surface area (Å²) in [6, 6.07) is 6.00. The van der Waals surface area contributed by atoms with E-state index in [-0.39, 0.29) is 41.2 Å². The van der Waals surface area contributed by atoms with Crippen LogP contribution in [0.15, 0.2) is 40.9 Å². The van der Waals surface area contributed by atoms with E-state index in [1.165, 1.54) is 41.8 Å². The Balaban J connectivity index is 1.61. The molecule has 4 rings (SSSR count). The number of nitrogens with zero attached hydrogens (tertiary/aromatic N) is 3. The third-order valence-corrected chi connectivity index (χ3v) is 6.97. The molecule has 1 aromatic heterocycles. The second-order valence-corrected chi connectivity index (χ2v) is 9.75. The number of carbonyl (C=O) groups excluding carboxylic acids is 1. The van der Waals surface area contributed by atoms with Gasteiger partial charge in [-0.05, 0) is 42.3 Å². The van der Waals surface area contributed by atoms with E-state index in [4.69, 9.17) is 16.9 Å². The summed E-state index contributed by atoms with van der Waals surface area (Å²) in [5.74, 6) is -2.24. The van der Waals surface area contributed by atoms with Crippen LogP contribution in [0.2, 0.25) is 5.02 Å². The van der Waals surface area contributed by atoms with Crippen LogP contribution in [-0.2, 0) is 23.2 Å². The highest BCUT2D eigenvalue weighted by atomic mass is 35.5. The van der Waals surface area contributed by atoms with Crippen LogP contribution in [0.3, 0.4) is 0 Å². The van der Waals surface area contributed by atoms with Gasteiger partial charge in [0, 0.05) is 16.5 Å². The van der Waals surface area contributed by atoms with Gasteiger partial charge in [0.05, 0.1) is 29.3 Å². The van der Waals surface area contributed by atoms with Crippen LogP contribution in [0, 0.1) is 24.1 Å². The smallest absolute Gasteiger partial charge is 0.374 e. The number of aryl methyl sites for hydroxylation is 1. The highest BCUT2D eigenvalue weighted by Gasteiger charge is 2.64. The molecule has 0 fully saturated rings. The standard InChI is InChI=1S/C24H14ClF7N4O2S/c1-11-4-12(2-3-15(11)21(37)34-9-19-35-14(8-33)10-39-19)18-7-22(38-36-18,24(30,31)32)16-5-13(23(27,28)29)6-17(25)20(16)26/h2-6,10H,7,9H2,1H3,(H,34,37). The van der Waals surface area contributed by atoms with E-state index in [1.54, 1.807) is 0 Å². The monoisotopic (exact) mass is 590 g/mol. The molecule has 0 radical (unpaired) electrons. The molecule has 1 aliphatic rings. The molecule has 1 aliphatic heterocycles. The maximum Gasteiger partial charge on any atom is 0.435 e. The fourth-order valence-electron chi connectivity index (χ4n) is 3.88. The van der Waals surface area contributed by atoms with E-state index in [9.17, 15) is 35.5 Å². The van der Waals surface area contributed by atoms with Crippen LogP contribution >= 0.6 is 22.9 Å². The quantitative estimate of drug-likeness (QED) is 0.337. The number of nitrogens with one attached hydrogen (secondary N) is 1. The zero-order chi connectivity index (χ0) is 28.8. The van der Waals surface area contributed by atoms with Crippen molar-refractivity contribution in [2.24, 2.45) is 5.16 Å². The average Bonchev–Trinajstić information content (AvgIpc) is 3.51. The molecule has 15 heteroatoms. The molecule has 6 nitrogen and oxygen atoms in total. The number of carbonyl (C=O) groups is 1. The minimum absolute atomic E-state index is 0.00781. The first-order valence-electron chi connectivity index (χ1n) is 10.8. The minimum Gasteiger partial charge on any atom is -0.374 e. The highest BCUT2D eigenvalue weighted by molar-refractivity contribution is 7.09. The number of benzene rings is 2. The Hall–Kier alpha value is -3.70. The van der Waals surface area contributed by atoms with Gasteiger partial charge in [0.1, 0.15) is 16.9 Å². The van der Waals surface area contributed by atoms with Gasteiger partial charge in [0.2, 0.25) is 0 Å². The van der Waals surface area contributed by atoms with Crippen molar-refractivity contribution in [2.45, 2.75) is 37.8 Å². The largest absolute Gasteiger partial charge is 0.435 e. The lowest BCUT2D eigenvalue weighted by Crippen LogP contribution is -2.43. The Morgan fingerprint density at radius 2 is 1.95 bits per heavy atom. The van der Waals surface area contributed by atoms with E-state index in [1.807, 2.05) is 6.07 Å². The predicted molar refractivity (Wildman–Crippen MR) is 126 cm³/mol. The molecule has 204 valence electrons. The van der Waals surface area contributed by atoms with Crippen molar-refractivity contribution < 1.29 is 40.4 Å². The Bertz CT molecular complexity index is 1530. The number of halogens is 8. The average molecular weight is 591 g/mol. The molecular weight excluding hydrogens is 577 g/mol. The maximum atomic E-state index is 14.8. The molecule has 0 bridgehead atoms. The molecule has 0 spiro atoms. The summed E-state index contributed by atoms with van der Waals surface area (Å²) in [6.45, 7) is 1.54. The molecule has 39 heavy (non-hydrogen) atoms. The molecule has 2 heterocycles. The molecule has 1 N–H and O–H groups in total. The zero-order valence-corrected chi connectivity index (χ0v) is 21.0. The van der Waals surface area contributed by atoms with Gasteiger partial charge in [-0.2, -0.15) is 31.6 Å². The number of alkyl halides is 6. The van der Waals surface area contributed by atoms with E-state index in [2.05, 4.69) is 20.3 Å². The van der Waals surface area contributed by atoms with E-state index < -0.39 is 52.2 Å². The van der Waals surface area contributed by atoms with Crippen molar-refractivity contribution >= 4 is 34.6 Å². The molecule has 0 saturated carbocycles. The number of rotatable bonds is 5. The predicted octanol–water partition coefficient (Wildman–Crippen LogP) is 6.65. The third-order valence-electron chi connectivity index (χ3n) is 5.85. The first kappa shape index (κ1) is 28.3. The second kappa shape index (κ2) is 10.1. The van der Waals surface area contributed by atoms with Crippen molar-refractivity contribution in [3.05, 3.63) is 85.1 Å². The summed E-state index contributed by atoms with van der Waals surface area (Å²) in [4.78, 5) is 21.3. The molecule has 2 aromatic carbocycles. The lowest BCUT2D eigenvalue weighted by Gasteiger charge is -2.30. The Kier molecular flexibility index (Phi) is 7.35. The Morgan fingerprint density at radius 3 is 2.54 bits per heavy atom. The molecule has 1 atom stereocenters. The van der Waals surface area contributed by atoms with Gasteiger partial charge in [-0.3, -0.25) is 4.79 Å². The molecule has 3 aromatic rings. The van der Waals surface area contributed by atoms with Crippen molar-refractivity contribution in [1.29, 1.82) is 5.26 Å². The van der Waals surface area contributed by atoms with Crippen LogP contribution in [0.25, 0.3) is 0 Å². The maximum absolute atomic E-state index is 14.8. The van der Waals surface area contributed by atoms with Crippen LogP contribution in [0.5, 0.6) is 0 Å². The van der Waals surface area contributed by atoms with E-state index >= 15 is 0 Å². The molecule has 0 saturated heterocycles. The van der Waals surface area contributed by atoms with Crippen molar-refractivity contribution in [3.8, 4) is 6.07 Å². The Morgan fingerprint density at radius 1 is 1.23 bits per heavy atom. The van der Waals surface area contributed by atoms with Gasteiger partial charge < -0.3 is 10.2 Å². The summed E-state index contributed by atoms with van der Waals surface area (Å²) in [6.07, 6.45) is -11.6. The number of thiazole rings is 1. The summed E-state index contributed by atoms with van der Waals surface area (Å²) in [5.41, 5.74) is -6.16. The summed E-state index contributed by atoms with van der Waals surface area (Å²) in [7, 11) is 0. The second-order valence-electron chi connectivity index (χ2n) is 8.40. The number of nitriles is 1. The minimum atomic E-state index is -5.39. The SMILES string of the molecule is Cc1cc(C2=NOC(c3cc(C(F)(F)F)cc(Cl)c3F)(C(F)(F)F)C2)ccc1C(=O)NCc1nc(C#N)cs1. The normalized spacial score (nSPS) is 17.4. The summed E-state index contributed by atoms with van der Waals surface area (Å²) in [5, 5.41) is 15.7. The van der Waals surface area contributed by atoms with Crippen molar-refractivity contribution in [1.82, 2.24) is 10.3 Å². The number of oxime groups is 1. The summed E-state index contributed by atoms with van der Waals surface area (Å²) >= 11 is 6.69. The van der Waals surface area contributed by atoms with Crippen LogP contribution in [0.4, 0.5) is 30.7 Å².